The van der Waals surface area contributed by atoms with Crippen LogP contribution in [-0.4, -0.2) is 32.0 Å². The molecule has 5 aromatic rings. The van der Waals surface area contributed by atoms with E-state index < -0.39 is 0 Å². The van der Waals surface area contributed by atoms with Gasteiger partial charge in [0, 0.05) is 41.8 Å². The largest absolute Gasteiger partial charge is 0.497 e. The molecule has 31 heavy (non-hydrogen) atoms. The van der Waals surface area contributed by atoms with Crippen LogP contribution in [0.1, 0.15) is 34.9 Å². The first kappa shape index (κ1) is 19.3. The number of ether oxygens (including phenoxy) is 1. The van der Waals surface area contributed by atoms with Crippen LogP contribution in [0.5, 0.6) is 5.75 Å². The number of nitrogens with one attached hydrogen (secondary N) is 2. The minimum atomic E-state index is 0.749. The quantitative estimate of drug-likeness (QED) is 0.398. The van der Waals surface area contributed by atoms with Crippen LogP contribution in [0.2, 0.25) is 0 Å². The van der Waals surface area contributed by atoms with Crippen LogP contribution in [0.25, 0.3) is 21.9 Å². The van der Waals surface area contributed by atoms with Gasteiger partial charge in [0.1, 0.15) is 17.4 Å². The fourth-order valence-electron chi connectivity index (χ4n) is 4.14. The second-order valence-corrected chi connectivity index (χ2v) is 7.86. The monoisotopic (exact) mass is 411 g/mol. The SMILES string of the molecule is COc1ccc2[nH]cc(CCCc3nccc(Cc4cccc5[nH]c(C)nc45)n3)c2c1. The molecule has 0 aliphatic heterocycles. The molecule has 5 rings (SSSR count). The van der Waals surface area contributed by atoms with Crippen molar-refractivity contribution < 1.29 is 4.74 Å². The Kier molecular flexibility index (Phi) is 5.12. The van der Waals surface area contributed by atoms with Gasteiger partial charge >= 0.3 is 0 Å². The maximum absolute atomic E-state index is 5.37. The zero-order chi connectivity index (χ0) is 21.2. The number of aromatic nitrogens is 5. The Bertz CT molecular complexity index is 1350. The van der Waals surface area contributed by atoms with Gasteiger partial charge in [0.15, 0.2) is 0 Å². The molecule has 3 heterocycles. The predicted molar refractivity (Wildman–Crippen MR) is 123 cm³/mol. The molecular weight excluding hydrogens is 386 g/mol. The van der Waals surface area contributed by atoms with E-state index in [0.717, 1.165) is 65.3 Å². The number of benzene rings is 2. The van der Waals surface area contributed by atoms with Crippen molar-refractivity contribution in [1.82, 2.24) is 24.9 Å². The molecule has 3 aromatic heterocycles. The van der Waals surface area contributed by atoms with Gasteiger partial charge in [-0.15, -0.1) is 0 Å². The lowest BCUT2D eigenvalue weighted by atomic mass is 10.1. The molecule has 0 saturated heterocycles. The Morgan fingerprint density at radius 1 is 0.968 bits per heavy atom. The molecule has 0 radical (unpaired) electrons. The number of rotatable bonds is 7. The Morgan fingerprint density at radius 3 is 2.81 bits per heavy atom. The highest BCUT2D eigenvalue weighted by atomic mass is 16.5. The summed E-state index contributed by atoms with van der Waals surface area (Å²) in [5.41, 5.74) is 6.73. The van der Waals surface area contributed by atoms with Crippen molar-refractivity contribution in [2.75, 3.05) is 7.11 Å². The molecule has 6 heteroatoms. The van der Waals surface area contributed by atoms with Crippen molar-refractivity contribution in [2.45, 2.75) is 32.6 Å². The first-order valence-electron chi connectivity index (χ1n) is 10.6. The summed E-state index contributed by atoms with van der Waals surface area (Å²) in [5, 5.41) is 1.22. The molecule has 0 aliphatic rings. The summed E-state index contributed by atoms with van der Waals surface area (Å²) in [7, 11) is 1.70. The van der Waals surface area contributed by atoms with Gasteiger partial charge in [0.2, 0.25) is 0 Å². The van der Waals surface area contributed by atoms with E-state index in [9.17, 15) is 0 Å². The molecule has 0 aliphatic carbocycles. The third kappa shape index (κ3) is 4.01. The van der Waals surface area contributed by atoms with Gasteiger partial charge in [-0.25, -0.2) is 15.0 Å². The number of H-pyrrole nitrogens is 2. The molecule has 0 amide bonds. The molecule has 2 aromatic carbocycles. The highest BCUT2D eigenvalue weighted by Gasteiger charge is 2.09. The molecule has 2 N–H and O–H groups in total. The average molecular weight is 412 g/mol. The summed E-state index contributed by atoms with van der Waals surface area (Å²) in [6.45, 7) is 1.98. The van der Waals surface area contributed by atoms with Crippen LogP contribution in [0, 0.1) is 6.92 Å². The lowest BCUT2D eigenvalue weighted by Gasteiger charge is -2.05. The minimum Gasteiger partial charge on any atom is -0.497 e. The van der Waals surface area contributed by atoms with Gasteiger partial charge in [0.05, 0.1) is 18.1 Å². The molecular formula is C25H25N5O. The van der Waals surface area contributed by atoms with Crippen molar-refractivity contribution in [2.24, 2.45) is 0 Å². The molecule has 6 nitrogen and oxygen atoms in total. The molecule has 0 fully saturated rings. The Morgan fingerprint density at radius 2 is 1.90 bits per heavy atom. The van der Waals surface area contributed by atoms with Crippen LogP contribution in [0.3, 0.4) is 0 Å². The number of hydrogen-bond acceptors (Lipinski definition) is 4. The second-order valence-electron chi connectivity index (χ2n) is 7.86. The molecule has 0 unspecified atom stereocenters. The predicted octanol–water partition coefficient (Wildman–Crippen LogP) is 4.92. The van der Waals surface area contributed by atoms with Crippen LogP contribution in [0.4, 0.5) is 0 Å². The molecule has 156 valence electrons. The van der Waals surface area contributed by atoms with Crippen molar-refractivity contribution in [1.29, 1.82) is 0 Å². The van der Waals surface area contributed by atoms with E-state index in [1.54, 1.807) is 7.11 Å². The second kappa shape index (κ2) is 8.22. The third-order valence-corrected chi connectivity index (χ3v) is 5.67. The number of aromatic amines is 2. The van der Waals surface area contributed by atoms with Gasteiger partial charge in [-0.05, 0) is 61.2 Å². The van der Waals surface area contributed by atoms with Crippen LogP contribution in [-0.2, 0) is 19.3 Å². The highest BCUT2D eigenvalue weighted by molar-refractivity contribution is 5.84. The number of hydrogen-bond donors (Lipinski definition) is 2. The highest BCUT2D eigenvalue weighted by Crippen LogP contribution is 2.25. The normalized spacial score (nSPS) is 11.4. The van der Waals surface area contributed by atoms with E-state index >= 15 is 0 Å². The number of nitrogens with zero attached hydrogens (tertiary/aromatic N) is 3. The summed E-state index contributed by atoms with van der Waals surface area (Å²) in [6, 6.07) is 14.4. The molecule has 0 spiro atoms. The van der Waals surface area contributed by atoms with Gasteiger partial charge < -0.3 is 14.7 Å². The standard InChI is InChI=1S/C25H25N5O/c1-16-28-23-7-3-5-17(25(23)29-16)13-19-11-12-26-24(30-19)8-4-6-18-15-27-22-10-9-20(31-2)14-21(18)22/h3,5,7,9-12,14-15,27H,4,6,8,13H2,1-2H3,(H,28,29). The number of imidazole rings is 1. The van der Waals surface area contributed by atoms with Crippen molar-refractivity contribution in [3.05, 3.63) is 83.3 Å². The summed E-state index contributed by atoms with van der Waals surface area (Å²) in [5.74, 6) is 2.70. The van der Waals surface area contributed by atoms with Gasteiger partial charge in [-0.3, -0.25) is 0 Å². The van der Waals surface area contributed by atoms with Crippen LogP contribution in [0.15, 0.2) is 54.9 Å². The van der Waals surface area contributed by atoms with Crippen molar-refractivity contribution >= 4 is 21.9 Å². The number of fused-ring (bicyclic) bond motifs is 2. The molecule has 0 atom stereocenters. The summed E-state index contributed by atoms with van der Waals surface area (Å²) in [4.78, 5) is 20.6. The van der Waals surface area contributed by atoms with E-state index in [0.29, 0.717) is 0 Å². The zero-order valence-electron chi connectivity index (χ0n) is 17.8. The summed E-state index contributed by atoms with van der Waals surface area (Å²) < 4.78 is 5.37. The van der Waals surface area contributed by atoms with Crippen LogP contribution < -0.4 is 4.74 Å². The minimum absolute atomic E-state index is 0.749. The van der Waals surface area contributed by atoms with Gasteiger partial charge in [-0.1, -0.05) is 12.1 Å². The molecule has 0 bridgehead atoms. The maximum Gasteiger partial charge on any atom is 0.128 e. The first-order valence-corrected chi connectivity index (χ1v) is 10.6. The number of methoxy groups -OCH3 is 1. The van der Waals surface area contributed by atoms with E-state index in [2.05, 4.69) is 56.5 Å². The number of aryl methyl sites for hydroxylation is 3. The fraction of sp³-hybridized carbons (Fsp3) is 0.240. The number of para-hydroxylation sites is 1. The van der Waals surface area contributed by atoms with E-state index in [1.165, 1.54) is 16.5 Å². The van der Waals surface area contributed by atoms with Crippen molar-refractivity contribution in [3.8, 4) is 5.75 Å². The Labute approximate surface area is 180 Å². The van der Waals surface area contributed by atoms with E-state index in [-0.39, 0.29) is 0 Å². The van der Waals surface area contributed by atoms with E-state index in [4.69, 9.17) is 9.72 Å². The van der Waals surface area contributed by atoms with Gasteiger partial charge in [-0.2, -0.15) is 0 Å². The summed E-state index contributed by atoms with van der Waals surface area (Å²) >= 11 is 0. The molecule has 0 saturated carbocycles. The van der Waals surface area contributed by atoms with Crippen molar-refractivity contribution in [3.63, 3.8) is 0 Å². The Hall–Kier alpha value is -3.67. The summed E-state index contributed by atoms with van der Waals surface area (Å²) in [6.07, 6.45) is 7.50. The zero-order valence-corrected chi connectivity index (χ0v) is 17.8. The average Bonchev–Trinajstić information content (AvgIpc) is 3.37. The van der Waals surface area contributed by atoms with Crippen LogP contribution >= 0.6 is 0 Å². The lowest BCUT2D eigenvalue weighted by Crippen LogP contribution is -2.01. The van der Waals surface area contributed by atoms with Gasteiger partial charge in [0.25, 0.3) is 0 Å². The lowest BCUT2D eigenvalue weighted by molar-refractivity contribution is 0.415. The maximum atomic E-state index is 5.37. The smallest absolute Gasteiger partial charge is 0.128 e. The fourth-order valence-corrected chi connectivity index (χ4v) is 4.14. The van der Waals surface area contributed by atoms with E-state index in [1.807, 2.05) is 25.3 Å². The topological polar surface area (TPSA) is 79.5 Å². The third-order valence-electron chi connectivity index (χ3n) is 5.67. The Balaban J connectivity index is 1.28. The first-order chi connectivity index (χ1) is 15.2.